The van der Waals surface area contributed by atoms with Gasteiger partial charge in [-0.15, -0.1) is 0 Å². The molecule has 1 N–H and O–H groups in total. The van der Waals surface area contributed by atoms with E-state index < -0.39 is 0 Å². The number of nitrogens with one attached hydrogen (secondary N) is 1. The van der Waals surface area contributed by atoms with Gasteiger partial charge < -0.3 is 19.5 Å². The molecule has 0 radical (unpaired) electrons. The molecular formula is C22H31NO3. The number of hydrogen-bond donors (Lipinski definition) is 1. The Morgan fingerprint density at radius 2 is 1.92 bits per heavy atom. The zero-order chi connectivity index (χ0) is 17.8. The first-order valence-corrected chi connectivity index (χ1v) is 10.1. The average Bonchev–Trinajstić information content (AvgIpc) is 3.29. The molecule has 3 aliphatic rings. The molecule has 4 rings (SSSR count). The van der Waals surface area contributed by atoms with Gasteiger partial charge in [0.25, 0.3) is 0 Å². The highest BCUT2D eigenvalue weighted by atomic mass is 16.7. The fraction of sp³-hybridized carbons (Fsp3) is 0.636. The lowest BCUT2D eigenvalue weighted by atomic mass is 9.90. The summed E-state index contributed by atoms with van der Waals surface area (Å²) in [5, 5.41) is 3.90. The lowest BCUT2D eigenvalue weighted by Crippen LogP contribution is -2.43. The normalized spacial score (nSPS) is 28.6. The number of rotatable bonds is 7. The summed E-state index contributed by atoms with van der Waals surface area (Å²) < 4.78 is 17.0. The topological polar surface area (TPSA) is 39.7 Å². The van der Waals surface area contributed by atoms with E-state index in [1.807, 2.05) is 0 Å². The van der Waals surface area contributed by atoms with Crippen molar-refractivity contribution in [2.45, 2.75) is 56.4 Å². The summed E-state index contributed by atoms with van der Waals surface area (Å²) in [5.41, 5.74) is 2.81. The molecule has 2 atom stereocenters. The second-order valence-electron chi connectivity index (χ2n) is 7.87. The van der Waals surface area contributed by atoms with Crippen LogP contribution in [0.1, 0.15) is 44.1 Å². The van der Waals surface area contributed by atoms with Gasteiger partial charge in [0.05, 0.1) is 13.2 Å². The van der Waals surface area contributed by atoms with Crippen molar-refractivity contribution in [3.8, 4) is 0 Å². The van der Waals surface area contributed by atoms with Crippen molar-refractivity contribution in [3.05, 3.63) is 41.5 Å². The van der Waals surface area contributed by atoms with E-state index in [-0.39, 0.29) is 5.79 Å². The van der Waals surface area contributed by atoms with Crippen molar-refractivity contribution in [2.24, 2.45) is 5.92 Å². The Bertz CT molecular complexity index is 599. The molecule has 142 valence electrons. The van der Waals surface area contributed by atoms with E-state index in [2.05, 4.69) is 41.7 Å². The first kappa shape index (κ1) is 18.2. The lowest BCUT2D eigenvalue weighted by Gasteiger charge is -2.35. The number of hydrogen-bond acceptors (Lipinski definition) is 4. The fourth-order valence-electron chi connectivity index (χ4n) is 4.45. The lowest BCUT2D eigenvalue weighted by molar-refractivity contribution is -0.179. The largest absolute Gasteiger partial charge is 0.384 e. The molecule has 1 heterocycles. The third-order valence-corrected chi connectivity index (χ3v) is 6.02. The van der Waals surface area contributed by atoms with E-state index in [1.54, 1.807) is 7.11 Å². The van der Waals surface area contributed by atoms with E-state index in [9.17, 15) is 0 Å². The highest BCUT2D eigenvalue weighted by Gasteiger charge is 2.44. The summed E-state index contributed by atoms with van der Waals surface area (Å²) in [6.07, 6.45) is 8.98. The second-order valence-corrected chi connectivity index (χ2v) is 7.87. The van der Waals surface area contributed by atoms with Crippen LogP contribution in [0.25, 0.3) is 6.08 Å². The predicted octanol–water partition coefficient (Wildman–Crippen LogP) is 3.77. The standard InChI is InChI=1S/C22H31NO3/c1-24-12-9-18(15-17-5-3-2-4-6-17)20-16-21(20)23-19-7-10-22(11-8-19)25-13-14-26-22/h2-6,15,19-21,23H,7-14,16H2,1H3/t20-,21+/m0/s1. The van der Waals surface area contributed by atoms with Crippen LogP contribution in [0.5, 0.6) is 0 Å². The van der Waals surface area contributed by atoms with Crippen LogP contribution >= 0.6 is 0 Å². The first-order chi connectivity index (χ1) is 12.8. The van der Waals surface area contributed by atoms with Crippen LogP contribution in [-0.4, -0.2) is 44.8 Å². The van der Waals surface area contributed by atoms with Gasteiger partial charge in [-0.1, -0.05) is 42.0 Å². The van der Waals surface area contributed by atoms with Gasteiger partial charge >= 0.3 is 0 Å². The van der Waals surface area contributed by atoms with Crippen LogP contribution in [0.15, 0.2) is 35.9 Å². The Hall–Kier alpha value is -1.20. The summed E-state index contributed by atoms with van der Waals surface area (Å²) >= 11 is 0. The molecule has 2 aliphatic carbocycles. The monoisotopic (exact) mass is 357 g/mol. The van der Waals surface area contributed by atoms with Gasteiger partial charge in [0.15, 0.2) is 5.79 Å². The van der Waals surface area contributed by atoms with Crippen molar-refractivity contribution < 1.29 is 14.2 Å². The molecule has 3 fully saturated rings. The third-order valence-electron chi connectivity index (χ3n) is 6.02. The zero-order valence-corrected chi connectivity index (χ0v) is 15.8. The van der Waals surface area contributed by atoms with Crippen molar-refractivity contribution in [1.29, 1.82) is 0 Å². The Kier molecular flexibility index (Phi) is 5.75. The minimum atomic E-state index is -0.252. The van der Waals surface area contributed by atoms with Crippen molar-refractivity contribution in [2.75, 3.05) is 26.9 Å². The fourth-order valence-corrected chi connectivity index (χ4v) is 4.45. The van der Waals surface area contributed by atoms with Gasteiger partial charge in [0, 0.05) is 38.6 Å². The minimum absolute atomic E-state index is 0.252. The molecule has 4 heteroatoms. The van der Waals surface area contributed by atoms with Crippen LogP contribution in [0.3, 0.4) is 0 Å². The average molecular weight is 357 g/mol. The molecule has 1 aromatic carbocycles. The van der Waals surface area contributed by atoms with E-state index >= 15 is 0 Å². The summed E-state index contributed by atoms with van der Waals surface area (Å²) in [5.74, 6) is 0.401. The van der Waals surface area contributed by atoms with E-state index in [0.717, 1.165) is 51.9 Å². The SMILES string of the molecule is COCCC(=Cc1ccccc1)[C@@H]1C[C@H]1NC1CCC2(CC1)OCCO2. The molecule has 0 bridgehead atoms. The molecular weight excluding hydrogens is 326 g/mol. The Morgan fingerprint density at radius 1 is 1.19 bits per heavy atom. The molecule has 0 aromatic heterocycles. The molecule has 1 aromatic rings. The zero-order valence-electron chi connectivity index (χ0n) is 15.8. The van der Waals surface area contributed by atoms with E-state index in [4.69, 9.17) is 14.2 Å². The predicted molar refractivity (Wildman–Crippen MR) is 103 cm³/mol. The number of ether oxygens (including phenoxy) is 3. The van der Waals surface area contributed by atoms with Gasteiger partial charge in [-0.05, 0) is 37.2 Å². The molecule has 0 unspecified atom stereocenters. The number of benzene rings is 1. The van der Waals surface area contributed by atoms with Crippen LogP contribution in [-0.2, 0) is 14.2 Å². The third kappa shape index (κ3) is 4.37. The molecule has 0 amide bonds. The number of methoxy groups -OCH3 is 1. The Labute approximate surface area is 156 Å². The van der Waals surface area contributed by atoms with Gasteiger partial charge in [-0.25, -0.2) is 0 Å². The summed E-state index contributed by atoms with van der Waals surface area (Å²) in [7, 11) is 1.79. The minimum Gasteiger partial charge on any atom is -0.384 e. The first-order valence-electron chi connectivity index (χ1n) is 10.1. The maximum Gasteiger partial charge on any atom is 0.168 e. The van der Waals surface area contributed by atoms with Crippen molar-refractivity contribution >= 4 is 6.08 Å². The van der Waals surface area contributed by atoms with Gasteiger partial charge in [-0.3, -0.25) is 0 Å². The summed E-state index contributed by atoms with van der Waals surface area (Å²) in [6, 6.07) is 11.9. The quantitative estimate of drug-likeness (QED) is 0.806. The maximum absolute atomic E-state index is 5.85. The molecule has 2 saturated carbocycles. The molecule has 4 nitrogen and oxygen atoms in total. The Balaban J connectivity index is 1.31. The van der Waals surface area contributed by atoms with Crippen LogP contribution < -0.4 is 5.32 Å². The maximum atomic E-state index is 5.85. The molecule has 1 saturated heterocycles. The summed E-state index contributed by atoms with van der Waals surface area (Å²) in [4.78, 5) is 0. The smallest absolute Gasteiger partial charge is 0.168 e. The van der Waals surface area contributed by atoms with E-state index in [0.29, 0.717) is 18.0 Å². The van der Waals surface area contributed by atoms with Gasteiger partial charge in [0.2, 0.25) is 0 Å². The van der Waals surface area contributed by atoms with Crippen LogP contribution in [0, 0.1) is 5.92 Å². The van der Waals surface area contributed by atoms with Crippen molar-refractivity contribution in [1.82, 2.24) is 5.32 Å². The molecule has 26 heavy (non-hydrogen) atoms. The Morgan fingerprint density at radius 3 is 2.62 bits per heavy atom. The highest BCUT2D eigenvalue weighted by Crippen LogP contribution is 2.42. The second kappa shape index (κ2) is 8.22. The van der Waals surface area contributed by atoms with Crippen LogP contribution in [0.4, 0.5) is 0 Å². The highest BCUT2D eigenvalue weighted by molar-refractivity contribution is 5.54. The van der Waals surface area contributed by atoms with E-state index in [1.165, 1.54) is 17.6 Å². The molecule has 1 spiro atoms. The van der Waals surface area contributed by atoms with Gasteiger partial charge in [-0.2, -0.15) is 0 Å². The van der Waals surface area contributed by atoms with Crippen LogP contribution in [0.2, 0.25) is 0 Å². The van der Waals surface area contributed by atoms with Crippen molar-refractivity contribution in [3.63, 3.8) is 0 Å². The van der Waals surface area contributed by atoms with Gasteiger partial charge in [0.1, 0.15) is 0 Å². The molecule has 1 aliphatic heterocycles. The summed E-state index contributed by atoms with van der Waals surface area (Å²) in [6.45, 7) is 2.31.